The van der Waals surface area contributed by atoms with E-state index < -0.39 is 0 Å². The second kappa shape index (κ2) is 7.80. The Morgan fingerprint density at radius 3 is 2.56 bits per heavy atom. The molecule has 0 heterocycles. The fraction of sp³-hybridized carbons (Fsp3) is 0.357. The number of allylic oxidation sites excluding steroid dienone is 1. The van der Waals surface area contributed by atoms with E-state index in [0.717, 1.165) is 17.6 Å². The van der Waals surface area contributed by atoms with Crippen LogP contribution < -0.4 is 0 Å². The highest BCUT2D eigenvalue weighted by molar-refractivity contribution is 5.76. The molecule has 0 atom stereocenters. The van der Waals surface area contributed by atoms with Crippen molar-refractivity contribution < 1.29 is 4.39 Å². The van der Waals surface area contributed by atoms with Gasteiger partial charge in [0.05, 0.1) is 0 Å². The zero-order chi connectivity index (χ0) is 12.6. The van der Waals surface area contributed by atoms with Crippen molar-refractivity contribution in [3.8, 4) is 0 Å². The molecule has 1 aromatic carbocycles. The molecular weight excluding hydrogens is 201 g/mol. The van der Waals surface area contributed by atoms with Crippen LogP contribution in [0.4, 0.5) is 10.1 Å². The molecule has 0 aliphatic heterocycles. The predicted molar refractivity (Wildman–Crippen MR) is 70.9 cm³/mol. The standard InChI is InChI=1S/C12H14FN.C2H6/c1-4-9(3)10-7-6-8-11(13)12(10)14-5-2;1-2/h5-8H,3-4H2,1-2H3;1-2H3. The number of benzene rings is 1. The van der Waals surface area contributed by atoms with E-state index in [1.165, 1.54) is 6.07 Å². The maximum absolute atomic E-state index is 13.4. The summed E-state index contributed by atoms with van der Waals surface area (Å²) in [6.07, 6.45) is 2.39. The summed E-state index contributed by atoms with van der Waals surface area (Å²) in [5, 5.41) is 0. The molecule has 0 amide bonds. The van der Waals surface area contributed by atoms with Crippen LogP contribution in [0.1, 0.15) is 39.7 Å². The van der Waals surface area contributed by atoms with Crippen molar-refractivity contribution >= 4 is 17.5 Å². The summed E-state index contributed by atoms with van der Waals surface area (Å²) in [5.41, 5.74) is 2.09. The molecule has 0 bridgehead atoms. The fourth-order valence-corrected chi connectivity index (χ4v) is 1.25. The largest absolute Gasteiger partial charge is 0.258 e. The molecule has 0 aromatic heterocycles. The van der Waals surface area contributed by atoms with Gasteiger partial charge in [0.2, 0.25) is 0 Å². The Bertz CT molecular complexity index is 367. The third-order valence-corrected chi connectivity index (χ3v) is 2.05. The van der Waals surface area contributed by atoms with E-state index in [0.29, 0.717) is 5.69 Å². The highest BCUT2D eigenvalue weighted by atomic mass is 19.1. The minimum atomic E-state index is -0.296. The van der Waals surface area contributed by atoms with Crippen LogP contribution in [0.25, 0.3) is 5.57 Å². The summed E-state index contributed by atoms with van der Waals surface area (Å²) in [5.74, 6) is -0.296. The van der Waals surface area contributed by atoms with Gasteiger partial charge in [0, 0.05) is 11.8 Å². The molecule has 1 nitrogen and oxygen atoms in total. The lowest BCUT2D eigenvalue weighted by atomic mass is 10.0. The van der Waals surface area contributed by atoms with Gasteiger partial charge >= 0.3 is 0 Å². The average molecular weight is 221 g/mol. The van der Waals surface area contributed by atoms with Crippen molar-refractivity contribution in [2.45, 2.75) is 34.1 Å². The highest BCUT2D eigenvalue weighted by Crippen LogP contribution is 2.29. The minimum absolute atomic E-state index is 0.296. The first-order valence-corrected chi connectivity index (χ1v) is 5.66. The van der Waals surface area contributed by atoms with E-state index in [1.54, 1.807) is 19.2 Å². The van der Waals surface area contributed by atoms with Crippen molar-refractivity contribution in [1.29, 1.82) is 0 Å². The maximum Gasteiger partial charge on any atom is 0.149 e. The van der Waals surface area contributed by atoms with E-state index in [9.17, 15) is 4.39 Å². The lowest BCUT2D eigenvalue weighted by molar-refractivity contribution is 0.629. The molecule has 0 radical (unpaired) electrons. The first-order valence-electron chi connectivity index (χ1n) is 5.66. The fourth-order valence-electron chi connectivity index (χ4n) is 1.25. The zero-order valence-electron chi connectivity index (χ0n) is 10.5. The van der Waals surface area contributed by atoms with Crippen molar-refractivity contribution in [3.63, 3.8) is 0 Å². The maximum atomic E-state index is 13.4. The Labute approximate surface area is 97.7 Å². The molecule has 1 rings (SSSR count). The zero-order valence-corrected chi connectivity index (χ0v) is 10.5. The van der Waals surface area contributed by atoms with Crippen LogP contribution in [0.2, 0.25) is 0 Å². The second-order valence-corrected chi connectivity index (χ2v) is 2.98. The Morgan fingerprint density at radius 2 is 2.06 bits per heavy atom. The summed E-state index contributed by atoms with van der Waals surface area (Å²) >= 11 is 0. The molecule has 2 heteroatoms. The van der Waals surface area contributed by atoms with Crippen molar-refractivity contribution in [2.75, 3.05) is 0 Å². The second-order valence-electron chi connectivity index (χ2n) is 2.98. The summed E-state index contributed by atoms with van der Waals surface area (Å²) in [6.45, 7) is 11.6. The molecule has 0 saturated heterocycles. The Balaban J connectivity index is 0.00000106. The minimum Gasteiger partial charge on any atom is -0.258 e. The first-order chi connectivity index (χ1) is 7.70. The van der Waals surface area contributed by atoms with E-state index in [-0.39, 0.29) is 5.82 Å². The number of para-hydroxylation sites is 1. The van der Waals surface area contributed by atoms with Crippen LogP contribution in [0.3, 0.4) is 0 Å². The average Bonchev–Trinajstić information content (AvgIpc) is 2.33. The number of hydrogen-bond acceptors (Lipinski definition) is 1. The van der Waals surface area contributed by atoms with Gasteiger partial charge < -0.3 is 0 Å². The number of hydrogen-bond donors (Lipinski definition) is 0. The van der Waals surface area contributed by atoms with Gasteiger partial charge in [-0.1, -0.05) is 39.5 Å². The Morgan fingerprint density at radius 1 is 1.44 bits per heavy atom. The van der Waals surface area contributed by atoms with Crippen molar-refractivity contribution in [2.24, 2.45) is 4.99 Å². The van der Waals surface area contributed by atoms with Gasteiger partial charge in [0.15, 0.2) is 0 Å². The van der Waals surface area contributed by atoms with Crippen LogP contribution >= 0.6 is 0 Å². The van der Waals surface area contributed by atoms with E-state index in [2.05, 4.69) is 11.6 Å². The number of halogens is 1. The van der Waals surface area contributed by atoms with Crippen LogP contribution in [0.5, 0.6) is 0 Å². The molecular formula is C14H20FN. The highest BCUT2D eigenvalue weighted by Gasteiger charge is 2.07. The van der Waals surface area contributed by atoms with Gasteiger partial charge in [0.25, 0.3) is 0 Å². The quantitative estimate of drug-likeness (QED) is 0.637. The summed E-state index contributed by atoms with van der Waals surface area (Å²) in [7, 11) is 0. The third kappa shape index (κ3) is 3.61. The summed E-state index contributed by atoms with van der Waals surface area (Å²) < 4.78 is 13.4. The molecule has 0 aliphatic rings. The smallest absolute Gasteiger partial charge is 0.149 e. The molecule has 0 spiro atoms. The number of rotatable bonds is 3. The third-order valence-electron chi connectivity index (χ3n) is 2.05. The molecule has 0 aliphatic carbocycles. The van der Waals surface area contributed by atoms with Gasteiger partial charge in [-0.25, -0.2) is 4.39 Å². The molecule has 88 valence electrons. The predicted octanol–water partition coefficient (Wildman–Crippen LogP) is 5.00. The van der Waals surface area contributed by atoms with E-state index in [4.69, 9.17) is 0 Å². The van der Waals surface area contributed by atoms with E-state index >= 15 is 0 Å². The van der Waals surface area contributed by atoms with Crippen LogP contribution in [0.15, 0.2) is 29.8 Å². The van der Waals surface area contributed by atoms with Gasteiger partial charge in [0.1, 0.15) is 11.5 Å². The normalized spacial score (nSPS) is 9.81. The van der Waals surface area contributed by atoms with Crippen molar-refractivity contribution in [1.82, 2.24) is 0 Å². The molecule has 0 N–H and O–H groups in total. The topological polar surface area (TPSA) is 12.4 Å². The van der Waals surface area contributed by atoms with Gasteiger partial charge in [-0.2, -0.15) is 0 Å². The Hall–Kier alpha value is -1.44. The molecule has 0 saturated carbocycles. The van der Waals surface area contributed by atoms with Gasteiger partial charge in [-0.15, -0.1) is 0 Å². The molecule has 16 heavy (non-hydrogen) atoms. The van der Waals surface area contributed by atoms with Crippen molar-refractivity contribution in [3.05, 3.63) is 36.2 Å². The monoisotopic (exact) mass is 221 g/mol. The molecule has 1 aromatic rings. The lowest BCUT2D eigenvalue weighted by Crippen LogP contribution is -1.86. The van der Waals surface area contributed by atoms with Crippen LogP contribution in [0, 0.1) is 5.82 Å². The SMILES string of the molecule is C=C(CC)c1cccc(F)c1N=CC.CC. The Kier molecular flexibility index (Phi) is 7.10. The number of nitrogens with zero attached hydrogens (tertiary/aromatic N) is 1. The number of aliphatic imine (C=N–C) groups is 1. The summed E-state index contributed by atoms with van der Waals surface area (Å²) in [4.78, 5) is 4.01. The van der Waals surface area contributed by atoms with E-state index in [1.807, 2.05) is 26.8 Å². The molecule has 0 unspecified atom stereocenters. The molecule has 0 fully saturated rings. The summed E-state index contributed by atoms with van der Waals surface area (Å²) in [6, 6.07) is 4.94. The van der Waals surface area contributed by atoms with Crippen LogP contribution in [-0.2, 0) is 0 Å². The van der Waals surface area contributed by atoms with Gasteiger partial charge in [-0.3, -0.25) is 4.99 Å². The first kappa shape index (κ1) is 14.6. The lowest BCUT2D eigenvalue weighted by Gasteiger charge is -2.07. The van der Waals surface area contributed by atoms with Crippen LogP contribution in [-0.4, -0.2) is 6.21 Å². The van der Waals surface area contributed by atoms with Gasteiger partial charge in [-0.05, 0) is 25.0 Å².